The standard InChI is InChI=1S/C19H21N7/c1-11-6-8-12(9-7-11)16-13(10-21-25-16)17-23-18(20)24-19-22-14-4-2-3-5-15(14)26(17)19/h2-9,13,16-17,21,25H,10H2,1H3,(H3,20,22,23,24). The van der Waals surface area contributed by atoms with Gasteiger partial charge >= 0.3 is 0 Å². The van der Waals surface area contributed by atoms with E-state index in [1.807, 2.05) is 18.2 Å². The molecule has 3 unspecified atom stereocenters. The predicted molar refractivity (Wildman–Crippen MR) is 103 cm³/mol. The molecule has 0 amide bonds. The van der Waals surface area contributed by atoms with Crippen LogP contribution in [0.3, 0.4) is 0 Å². The molecule has 3 heterocycles. The van der Waals surface area contributed by atoms with E-state index < -0.39 is 0 Å². The number of hydrazine groups is 1. The van der Waals surface area contributed by atoms with Crippen molar-refractivity contribution in [2.24, 2.45) is 16.6 Å². The number of para-hydroxylation sites is 2. The van der Waals surface area contributed by atoms with Crippen molar-refractivity contribution < 1.29 is 0 Å². The Morgan fingerprint density at radius 1 is 1.12 bits per heavy atom. The van der Waals surface area contributed by atoms with Crippen LogP contribution in [-0.2, 0) is 0 Å². The van der Waals surface area contributed by atoms with Crippen LogP contribution < -0.4 is 21.9 Å². The third-order valence-electron chi connectivity index (χ3n) is 5.21. The molecule has 0 radical (unpaired) electrons. The second-order valence-electron chi connectivity index (χ2n) is 6.92. The molecule has 2 aromatic carbocycles. The van der Waals surface area contributed by atoms with Crippen molar-refractivity contribution in [1.29, 1.82) is 0 Å². The van der Waals surface area contributed by atoms with Crippen LogP contribution in [-0.4, -0.2) is 22.1 Å². The van der Waals surface area contributed by atoms with E-state index in [1.54, 1.807) is 0 Å². The van der Waals surface area contributed by atoms with Crippen molar-refractivity contribution in [3.05, 3.63) is 59.7 Å². The lowest BCUT2D eigenvalue weighted by molar-refractivity contribution is 0.328. The number of guanidine groups is 1. The maximum atomic E-state index is 6.08. The Balaban J connectivity index is 1.60. The summed E-state index contributed by atoms with van der Waals surface area (Å²) in [6, 6.07) is 16.9. The van der Waals surface area contributed by atoms with E-state index >= 15 is 0 Å². The van der Waals surface area contributed by atoms with Crippen molar-refractivity contribution in [1.82, 2.24) is 20.4 Å². The molecule has 132 valence electrons. The number of aryl methyl sites for hydroxylation is 1. The Morgan fingerprint density at radius 2 is 1.92 bits per heavy atom. The van der Waals surface area contributed by atoms with Crippen molar-refractivity contribution >= 4 is 22.9 Å². The quantitative estimate of drug-likeness (QED) is 0.569. The maximum Gasteiger partial charge on any atom is 0.212 e. The van der Waals surface area contributed by atoms with Crippen LogP contribution in [0.2, 0.25) is 0 Å². The largest absolute Gasteiger partial charge is 0.370 e. The van der Waals surface area contributed by atoms with Crippen LogP contribution in [0.15, 0.2) is 53.5 Å². The van der Waals surface area contributed by atoms with Crippen LogP contribution >= 0.6 is 0 Å². The zero-order chi connectivity index (χ0) is 17.7. The van der Waals surface area contributed by atoms with Crippen LogP contribution in [0.4, 0.5) is 5.95 Å². The second kappa shape index (κ2) is 5.82. The fraction of sp³-hybridized carbons (Fsp3) is 0.263. The van der Waals surface area contributed by atoms with Gasteiger partial charge in [-0.3, -0.25) is 15.3 Å². The van der Waals surface area contributed by atoms with Crippen molar-refractivity contribution in [3.63, 3.8) is 0 Å². The number of nitrogens with two attached hydrogens (primary N) is 1. The molecule has 3 atom stereocenters. The summed E-state index contributed by atoms with van der Waals surface area (Å²) in [5, 5.41) is 3.10. The fourth-order valence-corrected chi connectivity index (χ4v) is 3.93. The molecule has 5 N–H and O–H groups in total. The summed E-state index contributed by atoms with van der Waals surface area (Å²) in [7, 11) is 0. The number of fused-ring (bicyclic) bond motifs is 3. The first kappa shape index (κ1) is 15.4. The highest BCUT2D eigenvalue weighted by atomic mass is 15.4. The molecule has 0 bridgehead atoms. The van der Waals surface area contributed by atoms with Gasteiger partial charge in [-0.1, -0.05) is 42.0 Å². The van der Waals surface area contributed by atoms with Gasteiger partial charge in [0.05, 0.1) is 17.1 Å². The predicted octanol–water partition coefficient (Wildman–Crippen LogP) is 2.05. The Bertz CT molecular complexity index is 989. The average molecular weight is 347 g/mol. The number of hydrogen-bond donors (Lipinski definition) is 4. The summed E-state index contributed by atoms with van der Waals surface area (Å²) in [6.07, 6.45) is -0.132. The summed E-state index contributed by atoms with van der Waals surface area (Å²) in [6.45, 7) is 2.90. The highest BCUT2D eigenvalue weighted by molar-refractivity contribution is 5.94. The summed E-state index contributed by atoms with van der Waals surface area (Å²) in [5.41, 5.74) is 17.3. The van der Waals surface area contributed by atoms with Gasteiger partial charge in [0.25, 0.3) is 0 Å². The van der Waals surface area contributed by atoms with Gasteiger partial charge in [0, 0.05) is 12.5 Å². The van der Waals surface area contributed by atoms with Crippen molar-refractivity contribution in [2.45, 2.75) is 19.1 Å². The Kier molecular flexibility index (Phi) is 3.44. The van der Waals surface area contributed by atoms with E-state index in [-0.39, 0.29) is 18.1 Å². The number of aromatic nitrogens is 2. The monoisotopic (exact) mass is 347 g/mol. The molecule has 7 heteroatoms. The molecule has 5 rings (SSSR count). The normalized spacial score (nSPS) is 25.0. The minimum Gasteiger partial charge on any atom is -0.370 e. The zero-order valence-corrected chi connectivity index (χ0v) is 14.5. The van der Waals surface area contributed by atoms with E-state index in [1.165, 1.54) is 11.1 Å². The van der Waals surface area contributed by atoms with Gasteiger partial charge < -0.3 is 5.73 Å². The minimum absolute atomic E-state index is 0.132. The smallest absolute Gasteiger partial charge is 0.212 e. The van der Waals surface area contributed by atoms with Gasteiger partial charge in [-0.2, -0.15) is 0 Å². The van der Waals surface area contributed by atoms with Gasteiger partial charge in [0.2, 0.25) is 5.95 Å². The topological polar surface area (TPSA) is 92.3 Å². The second-order valence-corrected chi connectivity index (χ2v) is 6.92. The van der Waals surface area contributed by atoms with Crippen LogP contribution in [0.5, 0.6) is 0 Å². The first-order chi connectivity index (χ1) is 12.7. The lowest BCUT2D eigenvalue weighted by Crippen LogP contribution is -2.35. The van der Waals surface area contributed by atoms with E-state index in [9.17, 15) is 0 Å². The summed E-state index contributed by atoms with van der Waals surface area (Å²) < 4.78 is 2.16. The molecule has 7 nitrogen and oxygen atoms in total. The molecule has 2 aliphatic rings. The first-order valence-corrected chi connectivity index (χ1v) is 8.83. The molecule has 1 fully saturated rings. The number of anilines is 1. The average Bonchev–Trinajstić information content (AvgIpc) is 3.26. The SMILES string of the molecule is Cc1ccc(C2NNCC2C2N=C(N)Nc3nc4ccccc4n32)cc1. The Labute approximate surface area is 151 Å². The molecule has 0 aliphatic carbocycles. The number of nitrogens with one attached hydrogen (secondary N) is 3. The third kappa shape index (κ3) is 2.36. The lowest BCUT2D eigenvalue weighted by Gasteiger charge is -2.30. The van der Waals surface area contributed by atoms with Gasteiger partial charge in [0.1, 0.15) is 6.17 Å². The molecular weight excluding hydrogens is 326 g/mol. The van der Waals surface area contributed by atoms with Gasteiger partial charge in [0.15, 0.2) is 5.96 Å². The molecule has 3 aromatic rings. The van der Waals surface area contributed by atoms with E-state index in [2.05, 4.69) is 63.0 Å². The molecule has 1 aromatic heterocycles. The van der Waals surface area contributed by atoms with Gasteiger partial charge in [-0.15, -0.1) is 0 Å². The maximum absolute atomic E-state index is 6.08. The Morgan fingerprint density at radius 3 is 2.77 bits per heavy atom. The fourth-order valence-electron chi connectivity index (χ4n) is 3.93. The van der Waals surface area contributed by atoms with Gasteiger partial charge in [-0.05, 0) is 24.6 Å². The van der Waals surface area contributed by atoms with Crippen molar-refractivity contribution in [2.75, 3.05) is 11.9 Å². The van der Waals surface area contributed by atoms with E-state index in [4.69, 9.17) is 10.7 Å². The first-order valence-electron chi connectivity index (χ1n) is 8.83. The van der Waals surface area contributed by atoms with Crippen LogP contribution in [0, 0.1) is 12.8 Å². The van der Waals surface area contributed by atoms with Crippen molar-refractivity contribution in [3.8, 4) is 0 Å². The number of aliphatic imine (C=N–C) groups is 1. The van der Waals surface area contributed by atoms with E-state index in [0.29, 0.717) is 5.96 Å². The third-order valence-corrected chi connectivity index (χ3v) is 5.21. The Hall–Kier alpha value is -2.90. The van der Waals surface area contributed by atoms with E-state index in [0.717, 1.165) is 23.5 Å². The molecule has 0 saturated carbocycles. The highest BCUT2D eigenvalue weighted by Gasteiger charge is 2.39. The van der Waals surface area contributed by atoms with Crippen LogP contribution in [0.25, 0.3) is 11.0 Å². The zero-order valence-electron chi connectivity index (χ0n) is 14.5. The number of imidazole rings is 1. The molecule has 2 aliphatic heterocycles. The number of benzene rings is 2. The highest BCUT2D eigenvalue weighted by Crippen LogP contribution is 2.39. The molecule has 0 spiro atoms. The van der Waals surface area contributed by atoms with Crippen LogP contribution in [0.1, 0.15) is 23.3 Å². The van der Waals surface area contributed by atoms with Gasteiger partial charge in [-0.25, -0.2) is 15.4 Å². The summed E-state index contributed by atoms with van der Waals surface area (Å²) in [5.74, 6) is 1.36. The summed E-state index contributed by atoms with van der Waals surface area (Å²) >= 11 is 0. The minimum atomic E-state index is -0.132. The molecular formula is C19H21N7. The number of hydrogen-bond acceptors (Lipinski definition) is 6. The number of rotatable bonds is 2. The number of nitrogens with zero attached hydrogens (tertiary/aromatic N) is 3. The summed E-state index contributed by atoms with van der Waals surface area (Å²) in [4.78, 5) is 9.43. The molecule has 26 heavy (non-hydrogen) atoms. The molecule has 1 saturated heterocycles. The lowest BCUT2D eigenvalue weighted by atomic mass is 9.91.